The largest absolute Gasteiger partial charge is 0.312 e. The summed E-state index contributed by atoms with van der Waals surface area (Å²) in [4.78, 5) is 13.5. The molecule has 0 aromatic heterocycles. The third-order valence-corrected chi connectivity index (χ3v) is 2.96. The predicted octanol–water partition coefficient (Wildman–Crippen LogP) is 3.37. The Morgan fingerprint density at radius 2 is 2.00 bits per heavy atom. The van der Waals surface area contributed by atoms with Gasteiger partial charge in [0.2, 0.25) is 0 Å². The van der Waals surface area contributed by atoms with Crippen molar-refractivity contribution in [1.82, 2.24) is 0 Å². The Morgan fingerprint density at radius 3 is 2.71 bits per heavy atom. The molecule has 21 heavy (non-hydrogen) atoms. The molecule has 0 radical (unpaired) electrons. The quantitative estimate of drug-likeness (QED) is 0.809. The zero-order valence-corrected chi connectivity index (χ0v) is 11.5. The highest BCUT2D eigenvalue weighted by molar-refractivity contribution is 6.03. The lowest BCUT2D eigenvalue weighted by atomic mass is 10.2. The Kier molecular flexibility index (Phi) is 4.47. The van der Waals surface area contributed by atoms with E-state index in [2.05, 4.69) is 0 Å². The molecule has 0 unspecified atom stereocenters. The summed E-state index contributed by atoms with van der Waals surface area (Å²) in [6.45, 7) is 0. The van der Waals surface area contributed by atoms with Crippen LogP contribution in [-0.2, 0) is 4.79 Å². The molecule has 0 saturated carbocycles. The van der Waals surface area contributed by atoms with Crippen LogP contribution in [0.3, 0.4) is 0 Å². The zero-order chi connectivity index (χ0) is 15.2. The van der Waals surface area contributed by atoms with E-state index in [-0.39, 0.29) is 11.7 Å². The molecule has 0 saturated heterocycles. The third-order valence-electron chi connectivity index (χ3n) is 2.96. The fraction of sp³-hybridized carbons (Fsp3) is 0.0588. The Balaban J connectivity index is 2.14. The van der Waals surface area contributed by atoms with Gasteiger partial charge in [0.1, 0.15) is 5.82 Å². The second-order valence-corrected chi connectivity index (χ2v) is 4.45. The Hall–Kier alpha value is -2.93. The molecular weight excluding hydrogens is 267 g/mol. The Labute approximate surface area is 122 Å². The first-order chi connectivity index (χ1) is 10.1. The number of nitrogens with zero attached hydrogens (tertiary/aromatic N) is 2. The van der Waals surface area contributed by atoms with Crippen molar-refractivity contribution in [3.05, 3.63) is 71.6 Å². The number of carbonyl (C=O) groups is 1. The SMILES string of the molecule is CN(C(=O)/C=C/c1cccc(F)c1)c1cccc(C#N)c1. The van der Waals surface area contributed by atoms with Gasteiger partial charge < -0.3 is 4.90 Å². The summed E-state index contributed by atoms with van der Waals surface area (Å²) in [5.41, 5.74) is 1.73. The van der Waals surface area contributed by atoms with Crippen molar-refractivity contribution in [2.24, 2.45) is 0 Å². The van der Waals surface area contributed by atoms with Crippen LogP contribution in [0.2, 0.25) is 0 Å². The molecule has 2 aromatic rings. The van der Waals surface area contributed by atoms with Crippen LogP contribution in [-0.4, -0.2) is 13.0 Å². The van der Waals surface area contributed by atoms with Gasteiger partial charge in [-0.1, -0.05) is 18.2 Å². The molecule has 0 heterocycles. The van der Waals surface area contributed by atoms with E-state index >= 15 is 0 Å². The average Bonchev–Trinajstić information content (AvgIpc) is 2.52. The molecule has 0 atom stereocenters. The van der Waals surface area contributed by atoms with Crippen LogP contribution in [0.5, 0.6) is 0 Å². The zero-order valence-electron chi connectivity index (χ0n) is 11.5. The van der Waals surface area contributed by atoms with Gasteiger partial charge >= 0.3 is 0 Å². The lowest BCUT2D eigenvalue weighted by molar-refractivity contribution is -0.113. The van der Waals surface area contributed by atoms with Crippen molar-refractivity contribution in [3.63, 3.8) is 0 Å². The van der Waals surface area contributed by atoms with Gasteiger partial charge in [-0.05, 0) is 42.0 Å². The van der Waals surface area contributed by atoms with E-state index in [0.717, 1.165) is 0 Å². The monoisotopic (exact) mass is 280 g/mol. The Morgan fingerprint density at radius 1 is 1.24 bits per heavy atom. The maximum Gasteiger partial charge on any atom is 0.250 e. The van der Waals surface area contributed by atoms with Gasteiger partial charge in [-0.15, -0.1) is 0 Å². The number of anilines is 1. The first-order valence-corrected chi connectivity index (χ1v) is 6.31. The molecule has 2 aromatic carbocycles. The van der Waals surface area contributed by atoms with Crippen molar-refractivity contribution in [3.8, 4) is 6.07 Å². The van der Waals surface area contributed by atoms with Crippen molar-refractivity contribution >= 4 is 17.7 Å². The van der Waals surface area contributed by atoms with E-state index in [9.17, 15) is 9.18 Å². The molecule has 104 valence electrons. The van der Waals surface area contributed by atoms with Crippen molar-refractivity contribution < 1.29 is 9.18 Å². The summed E-state index contributed by atoms with van der Waals surface area (Å²) < 4.78 is 13.0. The van der Waals surface area contributed by atoms with Crippen LogP contribution in [0.1, 0.15) is 11.1 Å². The second-order valence-electron chi connectivity index (χ2n) is 4.45. The summed E-state index contributed by atoms with van der Waals surface area (Å²) in [6, 6.07) is 14.8. The summed E-state index contributed by atoms with van der Waals surface area (Å²) >= 11 is 0. The van der Waals surface area contributed by atoms with Crippen LogP contribution < -0.4 is 4.90 Å². The molecule has 4 heteroatoms. The molecule has 0 N–H and O–H groups in total. The highest BCUT2D eigenvalue weighted by Gasteiger charge is 2.08. The fourth-order valence-corrected chi connectivity index (χ4v) is 1.80. The molecule has 1 amide bonds. The molecule has 0 spiro atoms. The molecular formula is C17H13FN2O. The van der Waals surface area contributed by atoms with Crippen LogP contribution in [0, 0.1) is 17.1 Å². The van der Waals surface area contributed by atoms with Gasteiger partial charge in [0.25, 0.3) is 5.91 Å². The summed E-state index contributed by atoms with van der Waals surface area (Å²) in [5.74, 6) is -0.603. The normalized spacial score (nSPS) is 10.3. The van der Waals surface area contributed by atoms with Gasteiger partial charge in [0, 0.05) is 18.8 Å². The van der Waals surface area contributed by atoms with Gasteiger partial charge in [-0.2, -0.15) is 5.26 Å². The number of nitriles is 1. The molecule has 0 aliphatic heterocycles. The number of likely N-dealkylation sites (N-methyl/N-ethyl adjacent to an activating group) is 1. The lowest BCUT2D eigenvalue weighted by Crippen LogP contribution is -2.23. The highest BCUT2D eigenvalue weighted by atomic mass is 19.1. The molecule has 0 fully saturated rings. The second kappa shape index (κ2) is 6.49. The van der Waals surface area contributed by atoms with E-state index in [1.807, 2.05) is 6.07 Å². The maximum absolute atomic E-state index is 13.0. The van der Waals surface area contributed by atoms with Crippen molar-refractivity contribution in [1.29, 1.82) is 5.26 Å². The van der Waals surface area contributed by atoms with Crippen molar-refractivity contribution in [2.45, 2.75) is 0 Å². The van der Waals surface area contributed by atoms with Gasteiger partial charge in [-0.25, -0.2) is 4.39 Å². The molecule has 0 aliphatic rings. The van der Waals surface area contributed by atoms with Crippen LogP contribution >= 0.6 is 0 Å². The molecule has 3 nitrogen and oxygen atoms in total. The first kappa shape index (κ1) is 14.5. The predicted molar refractivity (Wildman–Crippen MR) is 80.0 cm³/mol. The smallest absolute Gasteiger partial charge is 0.250 e. The van der Waals surface area contributed by atoms with Gasteiger partial charge in [-0.3, -0.25) is 4.79 Å². The number of benzene rings is 2. The lowest BCUT2D eigenvalue weighted by Gasteiger charge is -2.15. The maximum atomic E-state index is 13.0. The number of amides is 1. The molecule has 0 bridgehead atoms. The molecule has 0 aliphatic carbocycles. The standard InChI is InChI=1S/C17H13FN2O/c1-20(16-7-3-5-14(11-16)12-19)17(21)9-8-13-4-2-6-15(18)10-13/h2-11H,1H3/b9-8+. The summed E-state index contributed by atoms with van der Waals surface area (Å²) in [6.07, 6.45) is 2.92. The minimum Gasteiger partial charge on any atom is -0.312 e. The third kappa shape index (κ3) is 3.77. The summed E-state index contributed by atoms with van der Waals surface area (Å²) in [7, 11) is 1.62. The van der Waals surface area contributed by atoms with Crippen LogP contribution in [0.15, 0.2) is 54.6 Å². The first-order valence-electron chi connectivity index (χ1n) is 6.31. The van der Waals surface area contributed by atoms with Crippen LogP contribution in [0.4, 0.5) is 10.1 Å². The number of carbonyl (C=O) groups excluding carboxylic acids is 1. The number of hydrogen-bond donors (Lipinski definition) is 0. The number of halogens is 1. The number of rotatable bonds is 3. The number of hydrogen-bond acceptors (Lipinski definition) is 2. The average molecular weight is 280 g/mol. The fourth-order valence-electron chi connectivity index (χ4n) is 1.80. The van der Waals surface area contributed by atoms with Crippen LogP contribution in [0.25, 0.3) is 6.08 Å². The van der Waals surface area contributed by atoms with Gasteiger partial charge in [0.15, 0.2) is 0 Å². The van der Waals surface area contributed by atoms with Gasteiger partial charge in [0.05, 0.1) is 11.6 Å². The minimum absolute atomic E-state index is 0.255. The van der Waals surface area contributed by atoms with E-state index in [4.69, 9.17) is 5.26 Å². The minimum atomic E-state index is -0.348. The van der Waals surface area contributed by atoms with Crippen molar-refractivity contribution in [2.75, 3.05) is 11.9 Å². The topological polar surface area (TPSA) is 44.1 Å². The molecule has 2 rings (SSSR count). The summed E-state index contributed by atoms with van der Waals surface area (Å²) in [5, 5.41) is 8.86. The highest BCUT2D eigenvalue weighted by Crippen LogP contribution is 2.15. The van der Waals surface area contributed by atoms with E-state index in [1.165, 1.54) is 23.1 Å². The Bertz CT molecular complexity index is 732. The van der Waals surface area contributed by atoms with E-state index in [0.29, 0.717) is 16.8 Å². The van der Waals surface area contributed by atoms with E-state index < -0.39 is 0 Å². The van der Waals surface area contributed by atoms with E-state index in [1.54, 1.807) is 49.5 Å².